The molecule has 2 aromatic rings. The minimum atomic E-state index is -0.211. The molecule has 0 aliphatic rings. The first-order valence-electron chi connectivity index (χ1n) is 6.50. The molecule has 0 saturated carbocycles. The van der Waals surface area contributed by atoms with Crippen LogP contribution in [0.25, 0.3) is 0 Å². The van der Waals surface area contributed by atoms with Gasteiger partial charge in [-0.25, -0.2) is 0 Å². The topological polar surface area (TPSA) is 40.5 Å². The number of aliphatic hydroxyl groups is 1. The van der Waals surface area contributed by atoms with Gasteiger partial charge in [0, 0.05) is 28.7 Å². The van der Waals surface area contributed by atoms with E-state index in [0.717, 1.165) is 5.56 Å². The maximum Gasteiger partial charge on any atom is 0.254 e. The molecule has 0 aliphatic heterocycles. The van der Waals surface area contributed by atoms with Crippen LogP contribution < -0.4 is 0 Å². The maximum absolute atomic E-state index is 12.5. The number of hydrogen-bond acceptors (Lipinski definition) is 2. The van der Waals surface area contributed by atoms with Crippen molar-refractivity contribution in [2.45, 2.75) is 6.54 Å². The van der Waals surface area contributed by atoms with Crippen molar-refractivity contribution >= 4 is 29.1 Å². The molecule has 0 aromatic heterocycles. The number of rotatable bonds is 5. The molecule has 0 aliphatic carbocycles. The minimum absolute atomic E-state index is 0.104. The zero-order valence-corrected chi connectivity index (χ0v) is 12.8. The molecule has 5 heteroatoms. The molecule has 0 bridgehead atoms. The summed E-state index contributed by atoms with van der Waals surface area (Å²) >= 11 is 11.9. The van der Waals surface area contributed by atoms with Crippen molar-refractivity contribution < 1.29 is 9.90 Å². The number of benzene rings is 2. The highest BCUT2D eigenvalue weighted by atomic mass is 35.5. The van der Waals surface area contributed by atoms with Gasteiger partial charge >= 0.3 is 0 Å². The van der Waals surface area contributed by atoms with Crippen molar-refractivity contribution in [1.29, 1.82) is 0 Å². The van der Waals surface area contributed by atoms with Crippen LogP contribution in [-0.4, -0.2) is 29.1 Å². The second-order valence-corrected chi connectivity index (χ2v) is 5.47. The van der Waals surface area contributed by atoms with Gasteiger partial charge in [-0.3, -0.25) is 4.79 Å². The van der Waals surface area contributed by atoms with Crippen LogP contribution in [0.1, 0.15) is 15.9 Å². The Hall–Kier alpha value is -1.55. The van der Waals surface area contributed by atoms with Gasteiger partial charge in [-0.1, -0.05) is 53.5 Å². The Bertz CT molecular complexity index is 597. The van der Waals surface area contributed by atoms with E-state index in [0.29, 0.717) is 22.2 Å². The predicted molar refractivity (Wildman–Crippen MR) is 84.7 cm³/mol. The van der Waals surface area contributed by atoms with E-state index in [2.05, 4.69) is 0 Å². The molecule has 0 spiro atoms. The molecule has 110 valence electrons. The lowest BCUT2D eigenvalue weighted by molar-refractivity contribution is 0.0708. The van der Waals surface area contributed by atoms with E-state index >= 15 is 0 Å². The van der Waals surface area contributed by atoms with Crippen molar-refractivity contribution in [3.8, 4) is 0 Å². The highest BCUT2D eigenvalue weighted by Gasteiger charge is 2.16. The fraction of sp³-hybridized carbons (Fsp3) is 0.188. The van der Waals surface area contributed by atoms with E-state index in [4.69, 9.17) is 23.2 Å². The Balaban J connectivity index is 2.22. The van der Waals surface area contributed by atoms with Gasteiger partial charge in [-0.2, -0.15) is 0 Å². The Morgan fingerprint density at radius 2 is 1.67 bits per heavy atom. The SMILES string of the molecule is O=C(c1cc(Cl)cc(Cl)c1)N(CCO)Cc1ccccc1. The Morgan fingerprint density at radius 3 is 2.24 bits per heavy atom. The van der Waals surface area contributed by atoms with Crippen molar-refractivity contribution in [2.75, 3.05) is 13.2 Å². The number of amides is 1. The lowest BCUT2D eigenvalue weighted by Gasteiger charge is -2.22. The number of carbonyl (C=O) groups is 1. The van der Waals surface area contributed by atoms with Crippen molar-refractivity contribution in [3.63, 3.8) is 0 Å². The van der Waals surface area contributed by atoms with Gasteiger partial charge < -0.3 is 10.0 Å². The smallest absolute Gasteiger partial charge is 0.254 e. The quantitative estimate of drug-likeness (QED) is 0.912. The number of aliphatic hydroxyl groups excluding tert-OH is 1. The fourth-order valence-corrected chi connectivity index (χ4v) is 2.56. The summed E-state index contributed by atoms with van der Waals surface area (Å²) < 4.78 is 0. The van der Waals surface area contributed by atoms with Gasteiger partial charge in [0.2, 0.25) is 0 Å². The molecule has 1 N–H and O–H groups in total. The molecule has 2 aromatic carbocycles. The number of halogens is 2. The number of nitrogens with zero attached hydrogens (tertiary/aromatic N) is 1. The molecular formula is C16H15Cl2NO2. The van der Waals surface area contributed by atoms with Crippen LogP contribution in [0.4, 0.5) is 0 Å². The molecule has 0 fully saturated rings. The minimum Gasteiger partial charge on any atom is -0.395 e. The van der Waals surface area contributed by atoms with E-state index < -0.39 is 0 Å². The molecule has 0 radical (unpaired) electrons. The van der Waals surface area contributed by atoms with Gasteiger partial charge in [0.15, 0.2) is 0 Å². The van der Waals surface area contributed by atoms with Gasteiger partial charge in [0.1, 0.15) is 0 Å². The Kier molecular flexibility index (Phi) is 5.62. The molecule has 0 heterocycles. The molecule has 1 amide bonds. The molecule has 21 heavy (non-hydrogen) atoms. The van der Waals surface area contributed by atoms with Gasteiger partial charge in [-0.05, 0) is 23.8 Å². The third kappa shape index (κ3) is 4.46. The highest BCUT2D eigenvalue weighted by Crippen LogP contribution is 2.20. The third-order valence-corrected chi connectivity index (χ3v) is 3.42. The predicted octanol–water partition coefficient (Wildman–Crippen LogP) is 3.63. The number of hydrogen-bond donors (Lipinski definition) is 1. The third-order valence-electron chi connectivity index (χ3n) is 2.98. The molecule has 3 nitrogen and oxygen atoms in total. The molecule has 2 rings (SSSR count). The van der Waals surface area contributed by atoms with Crippen LogP contribution in [0.3, 0.4) is 0 Å². The van der Waals surface area contributed by atoms with E-state index in [-0.39, 0.29) is 19.1 Å². The van der Waals surface area contributed by atoms with Gasteiger partial charge in [0.25, 0.3) is 5.91 Å². The fourth-order valence-electron chi connectivity index (χ4n) is 2.04. The van der Waals surface area contributed by atoms with Crippen molar-refractivity contribution in [3.05, 3.63) is 69.7 Å². The summed E-state index contributed by atoms with van der Waals surface area (Å²) in [6, 6.07) is 14.3. The van der Waals surface area contributed by atoms with E-state index in [9.17, 15) is 9.90 Å². The van der Waals surface area contributed by atoms with Gasteiger partial charge in [0.05, 0.1) is 6.61 Å². The van der Waals surface area contributed by atoms with E-state index in [1.165, 1.54) is 0 Å². The van der Waals surface area contributed by atoms with Crippen molar-refractivity contribution in [1.82, 2.24) is 4.90 Å². The monoisotopic (exact) mass is 323 g/mol. The summed E-state index contributed by atoms with van der Waals surface area (Å²) in [6.07, 6.45) is 0. The average molecular weight is 324 g/mol. The lowest BCUT2D eigenvalue weighted by Crippen LogP contribution is -2.33. The first-order valence-corrected chi connectivity index (χ1v) is 7.26. The summed E-state index contributed by atoms with van der Waals surface area (Å²) in [6.45, 7) is 0.565. The van der Waals surface area contributed by atoms with Crippen LogP contribution in [0.15, 0.2) is 48.5 Å². The molecule has 0 saturated heterocycles. The van der Waals surface area contributed by atoms with E-state index in [1.807, 2.05) is 30.3 Å². The molecule has 0 unspecified atom stereocenters. The van der Waals surface area contributed by atoms with Crippen LogP contribution >= 0.6 is 23.2 Å². The zero-order chi connectivity index (χ0) is 15.2. The Labute approximate surface area is 133 Å². The standard InChI is InChI=1S/C16H15Cl2NO2/c17-14-8-13(9-15(18)10-14)16(21)19(6-7-20)11-12-4-2-1-3-5-12/h1-5,8-10,20H,6-7,11H2. The second-order valence-electron chi connectivity index (χ2n) is 4.59. The van der Waals surface area contributed by atoms with E-state index in [1.54, 1.807) is 23.1 Å². The molecular weight excluding hydrogens is 309 g/mol. The molecule has 0 atom stereocenters. The normalized spacial score (nSPS) is 10.4. The maximum atomic E-state index is 12.5. The van der Waals surface area contributed by atoms with Crippen LogP contribution in [0.2, 0.25) is 10.0 Å². The van der Waals surface area contributed by atoms with Crippen LogP contribution in [0, 0.1) is 0 Å². The lowest BCUT2D eigenvalue weighted by atomic mass is 10.1. The average Bonchev–Trinajstić information content (AvgIpc) is 2.46. The summed E-state index contributed by atoms with van der Waals surface area (Å²) in [5.41, 5.74) is 1.41. The van der Waals surface area contributed by atoms with Gasteiger partial charge in [-0.15, -0.1) is 0 Å². The zero-order valence-electron chi connectivity index (χ0n) is 11.3. The summed E-state index contributed by atoms with van der Waals surface area (Å²) in [7, 11) is 0. The van der Waals surface area contributed by atoms with Crippen LogP contribution in [-0.2, 0) is 6.54 Å². The highest BCUT2D eigenvalue weighted by molar-refractivity contribution is 6.35. The first-order chi connectivity index (χ1) is 10.1. The second kappa shape index (κ2) is 7.46. The summed E-state index contributed by atoms with van der Waals surface area (Å²) in [5, 5.41) is 10.00. The van der Waals surface area contributed by atoms with Crippen LogP contribution in [0.5, 0.6) is 0 Å². The summed E-state index contributed by atoms with van der Waals surface area (Å²) in [5.74, 6) is -0.211. The Morgan fingerprint density at radius 1 is 1.05 bits per heavy atom. The van der Waals surface area contributed by atoms with Crippen molar-refractivity contribution in [2.24, 2.45) is 0 Å². The summed E-state index contributed by atoms with van der Waals surface area (Å²) in [4.78, 5) is 14.1. The first kappa shape index (κ1) is 15.8. The largest absolute Gasteiger partial charge is 0.395 e. The number of carbonyl (C=O) groups excluding carboxylic acids is 1.